The van der Waals surface area contributed by atoms with Crippen LogP contribution in [0.15, 0.2) is 42.6 Å². The van der Waals surface area contributed by atoms with E-state index in [0.29, 0.717) is 28.9 Å². The van der Waals surface area contributed by atoms with Crippen molar-refractivity contribution in [1.29, 1.82) is 0 Å². The molecule has 0 bridgehead atoms. The molecule has 168 valence electrons. The number of nitrogens with zero attached hydrogens (tertiary/aromatic N) is 3. The first-order chi connectivity index (χ1) is 15.4. The average molecular weight is 434 g/mol. The Kier molecular flexibility index (Phi) is 6.55. The van der Waals surface area contributed by atoms with Gasteiger partial charge < -0.3 is 20.3 Å². The van der Waals surface area contributed by atoms with Gasteiger partial charge in [0.25, 0.3) is 5.91 Å². The molecular formula is C25H31N5O2. The van der Waals surface area contributed by atoms with Crippen LogP contribution in [0.3, 0.4) is 0 Å². The van der Waals surface area contributed by atoms with Gasteiger partial charge in [0.05, 0.1) is 18.3 Å². The van der Waals surface area contributed by atoms with Crippen LogP contribution < -0.4 is 15.4 Å². The third kappa shape index (κ3) is 4.83. The molecule has 1 amide bonds. The van der Waals surface area contributed by atoms with E-state index in [2.05, 4.69) is 47.5 Å². The fourth-order valence-electron chi connectivity index (χ4n) is 4.09. The molecule has 1 saturated heterocycles. The highest BCUT2D eigenvalue weighted by molar-refractivity contribution is 5.96. The number of rotatable bonds is 6. The molecule has 0 radical (unpaired) electrons. The molecule has 0 spiro atoms. The van der Waals surface area contributed by atoms with Crippen LogP contribution in [-0.2, 0) is 0 Å². The summed E-state index contributed by atoms with van der Waals surface area (Å²) in [4.78, 5) is 24.4. The van der Waals surface area contributed by atoms with E-state index in [-0.39, 0.29) is 11.9 Å². The molecule has 2 N–H and O–H groups in total. The third-order valence-corrected chi connectivity index (χ3v) is 6.03. The van der Waals surface area contributed by atoms with E-state index < -0.39 is 0 Å². The van der Waals surface area contributed by atoms with Gasteiger partial charge in [0.15, 0.2) is 0 Å². The number of carbonyl (C=O) groups excluding carboxylic acids is 1. The first-order valence-corrected chi connectivity index (χ1v) is 11.1. The lowest BCUT2D eigenvalue weighted by Gasteiger charge is -2.29. The molecule has 32 heavy (non-hydrogen) atoms. The SMILES string of the molecule is COc1ccc(C(=O)NC2CCN(C)CC2)cc1Nc1ncc2cccc(C(C)C)c2n1. The second kappa shape index (κ2) is 9.53. The number of carbonyl (C=O) groups is 1. The lowest BCUT2D eigenvalue weighted by Crippen LogP contribution is -2.43. The number of aromatic nitrogens is 2. The summed E-state index contributed by atoms with van der Waals surface area (Å²) in [6.45, 7) is 6.30. The number of fused-ring (bicyclic) bond motifs is 1. The number of ether oxygens (including phenoxy) is 1. The zero-order chi connectivity index (χ0) is 22.7. The number of hydrogen-bond acceptors (Lipinski definition) is 6. The summed E-state index contributed by atoms with van der Waals surface area (Å²) in [5.41, 5.74) is 3.34. The molecule has 7 heteroatoms. The summed E-state index contributed by atoms with van der Waals surface area (Å²) in [7, 11) is 3.72. The average Bonchev–Trinajstić information content (AvgIpc) is 2.80. The van der Waals surface area contributed by atoms with Crippen molar-refractivity contribution in [2.45, 2.75) is 38.6 Å². The van der Waals surface area contributed by atoms with Gasteiger partial charge in [0, 0.05) is 23.2 Å². The van der Waals surface area contributed by atoms with E-state index >= 15 is 0 Å². The van der Waals surface area contributed by atoms with E-state index in [4.69, 9.17) is 9.72 Å². The number of likely N-dealkylation sites (tertiary alicyclic amines) is 1. The van der Waals surface area contributed by atoms with Gasteiger partial charge >= 0.3 is 0 Å². The van der Waals surface area contributed by atoms with Crippen LogP contribution in [0.1, 0.15) is 48.5 Å². The van der Waals surface area contributed by atoms with E-state index in [1.165, 1.54) is 5.56 Å². The van der Waals surface area contributed by atoms with Gasteiger partial charge in [-0.1, -0.05) is 32.0 Å². The number of nitrogens with one attached hydrogen (secondary N) is 2. The molecule has 0 atom stereocenters. The topological polar surface area (TPSA) is 79.4 Å². The van der Waals surface area contributed by atoms with E-state index in [9.17, 15) is 4.79 Å². The van der Waals surface area contributed by atoms with Crippen molar-refractivity contribution in [2.24, 2.45) is 0 Å². The number of hydrogen-bond donors (Lipinski definition) is 2. The maximum Gasteiger partial charge on any atom is 0.251 e. The molecular weight excluding hydrogens is 402 g/mol. The number of anilines is 2. The lowest BCUT2D eigenvalue weighted by molar-refractivity contribution is 0.0917. The fraction of sp³-hybridized carbons (Fsp3) is 0.400. The van der Waals surface area contributed by atoms with Crippen molar-refractivity contribution in [3.8, 4) is 5.75 Å². The third-order valence-electron chi connectivity index (χ3n) is 6.03. The van der Waals surface area contributed by atoms with Crippen molar-refractivity contribution in [3.63, 3.8) is 0 Å². The normalized spacial score (nSPS) is 15.2. The van der Waals surface area contributed by atoms with Crippen LogP contribution in [0.4, 0.5) is 11.6 Å². The number of piperidine rings is 1. The van der Waals surface area contributed by atoms with Gasteiger partial charge in [-0.2, -0.15) is 0 Å². The Morgan fingerprint density at radius 1 is 1.19 bits per heavy atom. The Hall–Kier alpha value is -3.19. The van der Waals surface area contributed by atoms with Crippen LogP contribution in [0.25, 0.3) is 10.9 Å². The van der Waals surface area contributed by atoms with Gasteiger partial charge in [0.1, 0.15) is 5.75 Å². The molecule has 4 rings (SSSR count). The monoisotopic (exact) mass is 433 g/mol. The van der Waals surface area contributed by atoms with E-state index in [1.54, 1.807) is 25.3 Å². The Bertz CT molecular complexity index is 1110. The van der Waals surface area contributed by atoms with E-state index in [1.807, 2.05) is 18.3 Å². The molecule has 1 aliphatic heterocycles. The quantitative estimate of drug-likeness (QED) is 0.602. The predicted octanol–water partition coefficient (Wildman–Crippen LogP) is 4.33. The number of para-hydroxylation sites is 1. The molecule has 1 aromatic heterocycles. The Labute approximate surface area is 189 Å². The summed E-state index contributed by atoms with van der Waals surface area (Å²) in [6.07, 6.45) is 3.75. The maximum atomic E-state index is 12.9. The van der Waals surface area contributed by atoms with Crippen LogP contribution in [0, 0.1) is 0 Å². The number of methoxy groups -OCH3 is 1. The van der Waals surface area contributed by atoms with Crippen LogP contribution in [-0.4, -0.2) is 54.1 Å². The molecule has 2 aromatic carbocycles. The van der Waals surface area contributed by atoms with Crippen LogP contribution in [0.5, 0.6) is 5.75 Å². The predicted molar refractivity (Wildman–Crippen MR) is 128 cm³/mol. The molecule has 1 fully saturated rings. The zero-order valence-electron chi connectivity index (χ0n) is 19.2. The molecule has 7 nitrogen and oxygen atoms in total. The smallest absolute Gasteiger partial charge is 0.251 e. The van der Waals surface area contributed by atoms with Crippen molar-refractivity contribution in [1.82, 2.24) is 20.2 Å². The van der Waals surface area contributed by atoms with Crippen molar-refractivity contribution in [3.05, 3.63) is 53.7 Å². The standard InChI is InChI=1S/C25H31N5O2/c1-16(2)20-7-5-6-18-15-26-25(29-23(18)20)28-21-14-17(8-9-22(21)32-4)24(31)27-19-10-12-30(3)13-11-19/h5-9,14-16,19H,10-13H2,1-4H3,(H,27,31)(H,26,28,29). The van der Waals surface area contributed by atoms with Gasteiger partial charge in [0.2, 0.25) is 5.95 Å². The highest BCUT2D eigenvalue weighted by Crippen LogP contribution is 2.29. The molecule has 1 aliphatic rings. The van der Waals surface area contributed by atoms with Crippen molar-refractivity contribution >= 4 is 28.4 Å². The highest BCUT2D eigenvalue weighted by atomic mass is 16.5. The molecule has 0 unspecified atom stereocenters. The second-order valence-corrected chi connectivity index (χ2v) is 8.72. The summed E-state index contributed by atoms with van der Waals surface area (Å²) >= 11 is 0. The molecule has 3 aromatic rings. The summed E-state index contributed by atoms with van der Waals surface area (Å²) in [5.74, 6) is 1.37. The second-order valence-electron chi connectivity index (χ2n) is 8.72. The largest absolute Gasteiger partial charge is 0.495 e. The zero-order valence-corrected chi connectivity index (χ0v) is 19.2. The first kappa shape index (κ1) is 22.0. The highest BCUT2D eigenvalue weighted by Gasteiger charge is 2.20. The fourth-order valence-corrected chi connectivity index (χ4v) is 4.09. The summed E-state index contributed by atoms with van der Waals surface area (Å²) < 4.78 is 5.51. The Balaban J connectivity index is 1.58. The Morgan fingerprint density at radius 3 is 2.69 bits per heavy atom. The first-order valence-electron chi connectivity index (χ1n) is 11.1. The minimum atomic E-state index is -0.0771. The Morgan fingerprint density at radius 2 is 1.97 bits per heavy atom. The lowest BCUT2D eigenvalue weighted by atomic mass is 10.0. The summed E-state index contributed by atoms with van der Waals surface area (Å²) in [6, 6.07) is 11.7. The van der Waals surface area contributed by atoms with E-state index in [0.717, 1.165) is 36.8 Å². The van der Waals surface area contributed by atoms with Gasteiger partial charge in [-0.3, -0.25) is 4.79 Å². The van der Waals surface area contributed by atoms with Gasteiger partial charge in [-0.15, -0.1) is 0 Å². The van der Waals surface area contributed by atoms with Crippen molar-refractivity contribution in [2.75, 3.05) is 32.6 Å². The van der Waals surface area contributed by atoms with Gasteiger partial charge in [-0.05, 0) is 62.7 Å². The summed E-state index contributed by atoms with van der Waals surface area (Å²) in [5, 5.41) is 7.42. The molecule has 2 heterocycles. The van der Waals surface area contributed by atoms with Crippen LogP contribution >= 0.6 is 0 Å². The number of amides is 1. The van der Waals surface area contributed by atoms with Crippen LogP contribution in [0.2, 0.25) is 0 Å². The maximum absolute atomic E-state index is 12.9. The van der Waals surface area contributed by atoms with Crippen molar-refractivity contribution < 1.29 is 9.53 Å². The molecule has 0 saturated carbocycles. The number of benzene rings is 2. The van der Waals surface area contributed by atoms with Gasteiger partial charge in [-0.25, -0.2) is 9.97 Å². The molecule has 0 aliphatic carbocycles. The minimum Gasteiger partial charge on any atom is -0.495 e. The minimum absolute atomic E-state index is 0.0771.